The number of amides is 1. The quantitative estimate of drug-likeness (QED) is 0.734. The molecular weight excluding hydrogens is 411 g/mol. The summed E-state index contributed by atoms with van der Waals surface area (Å²) in [6, 6.07) is 8.78. The third-order valence-corrected chi connectivity index (χ3v) is 5.17. The van der Waals surface area contributed by atoms with E-state index >= 15 is 0 Å². The Balaban J connectivity index is 1.96. The van der Waals surface area contributed by atoms with E-state index in [0.717, 1.165) is 6.07 Å². The number of carbonyl (C=O) groups is 4. The number of alkyl halides is 3. The van der Waals surface area contributed by atoms with E-state index in [1.165, 1.54) is 36.4 Å². The minimum atomic E-state index is -4.58. The third kappa shape index (κ3) is 4.16. The first kappa shape index (κ1) is 20.6. The molecule has 2 aromatic carbocycles. The Kier molecular flexibility index (Phi) is 5.47. The molecule has 1 heterocycles. The van der Waals surface area contributed by atoms with Crippen LogP contribution in [0.15, 0.2) is 47.4 Å². The third-order valence-electron chi connectivity index (χ3n) is 4.18. The van der Waals surface area contributed by atoms with Crippen LogP contribution in [-0.2, 0) is 20.6 Å². The summed E-state index contributed by atoms with van der Waals surface area (Å²) < 4.78 is 39.8. The van der Waals surface area contributed by atoms with Gasteiger partial charge in [0.05, 0.1) is 5.56 Å². The first-order chi connectivity index (χ1) is 13.6. The minimum absolute atomic E-state index is 0.0123. The monoisotopic (exact) mass is 423 g/mol. The Labute approximate surface area is 166 Å². The first-order valence-corrected chi connectivity index (χ1v) is 8.97. The lowest BCUT2D eigenvalue weighted by Gasteiger charge is -2.22. The van der Waals surface area contributed by atoms with Gasteiger partial charge < -0.3 is 10.4 Å². The number of aliphatic carboxylic acids is 1. The highest BCUT2D eigenvalue weighted by Crippen LogP contribution is 2.40. The zero-order valence-corrected chi connectivity index (χ0v) is 15.3. The highest BCUT2D eigenvalue weighted by atomic mass is 32.2. The molecule has 2 aromatic rings. The Bertz CT molecular complexity index is 1030. The zero-order chi connectivity index (χ0) is 21.3. The summed E-state index contributed by atoms with van der Waals surface area (Å²) >= 11 is 0.559. The second kappa shape index (κ2) is 7.70. The van der Waals surface area contributed by atoms with Gasteiger partial charge >= 0.3 is 12.1 Å². The molecule has 10 heteroatoms. The van der Waals surface area contributed by atoms with Crippen LogP contribution in [-0.4, -0.2) is 34.4 Å². The van der Waals surface area contributed by atoms with Gasteiger partial charge in [0.15, 0.2) is 11.7 Å². The fourth-order valence-corrected chi connectivity index (χ4v) is 3.89. The van der Waals surface area contributed by atoms with Crippen molar-refractivity contribution < 1.29 is 37.5 Å². The van der Waals surface area contributed by atoms with Crippen LogP contribution in [0.2, 0.25) is 0 Å². The summed E-state index contributed by atoms with van der Waals surface area (Å²) in [6.07, 6.45) is -4.58. The van der Waals surface area contributed by atoms with Crippen molar-refractivity contribution >= 4 is 34.5 Å². The maximum absolute atomic E-state index is 13.3. The van der Waals surface area contributed by atoms with E-state index in [2.05, 4.69) is 0 Å². The smallest absolute Gasteiger partial charge is 0.417 e. The molecule has 3 rings (SSSR count). The van der Waals surface area contributed by atoms with Crippen molar-refractivity contribution in [3.63, 3.8) is 0 Å². The second-order valence-electron chi connectivity index (χ2n) is 6.08. The van der Waals surface area contributed by atoms with Crippen LogP contribution in [0.1, 0.15) is 15.9 Å². The molecule has 0 saturated heterocycles. The first-order valence-electron chi connectivity index (χ1n) is 8.15. The molecule has 0 radical (unpaired) electrons. The standard InChI is InChI=1S/C19H12F3NO5S/c20-19(21,22)12-4-2-1-3-10(12)9-5-6-11-13(7-9)29-18(28)15(16(11)26)17(27)23-8-14(24)25/h1-7,15H,8H2,(H,23,27)(H,24,25). The fourth-order valence-electron chi connectivity index (χ4n) is 2.88. The average Bonchev–Trinajstić information content (AvgIpc) is 2.65. The number of fused-ring (bicyclic) bond motifs is 1. The summed E-state index contributed by atoms with van der Waals surface area (Å²) in [5, 5.41) is 9.76. The largest absolute Gasteiger partial charge is 0.480 e. The van der Waals surface area contributed by atoms with Gasteiger partial charge in [-0.05, 0) is 41.1 Å². The van der Waals surface area contributed by atoms with Crippen molar-refractivity contribution in [3.05, 3.63) is 53.6 Å². The molecule has 0 spiro atoms. The normalized spacial score (nSPS) is 16.3. The molecule has 0 aromatic heterocycles. The molecule has 1 unspecified atom stereocenters. The van der Waals surface area contributed by atoms with Gasteiger partial charge in [-0.15, -0.1) is 0 Å². The van der Waals surface area contributed by atoms with Crippen LogP contribution in [0.3, 0.4) is 0 Å². The summed E-state index contributed by atoms with van der Waals surface area (Å²) in [6.45, 7) is -0.749. The van der Waals surface area contributed by atoms with Gasteiger partial charge in [-0.2, -0.15) is 13.2 Å². The van der Waals surface area contributed by atoms with Crippen LogP contribution < -0.4 is 5.32 Å². The maximum Gasteiger partial charge on any atom is 0.417 e. The van der Waals surface area contributed by atoms with E-state index in [1.54, 1.807) is 0 Å². The summed E-state index contributed by atoms with van der Waals surface area (Å²) in [5.74, 6) is -4.91. The van der Waals surface area contributed by atoms with Gasteiger partial charge in [0.1, 0.15) is 6.54 Å². The van der Waals surface area contributed by atoms with E-state index in [9.17, 15) is 32.3 Å². The van der Waals surface area contributed by atoms with Gasteiger partial charge in [-0.3, -0.25) is 19.2 Å². The van der Waals surface area contributed by atoms with Crippen LogP contribution in [0.4, 0.5) is 13.2 Å². The van der Waals surface area contributed by atoms with Crippen molar-refractivity contribution in [2.24, 2.45) is 5.92 Å². The van der Waals surface area contributed by atoms with Gasteiger partial charge in [-0.25, -0.2) is 0 Å². The van der Waals surface area contributed by atoms with Crippen molar-refractivity contribution in [3.8, 4) is 11.1 Å². The number of carboxylic acids is 1. The maximum atomic E-state index is 13.3. The van der Waals surface area contributed by atoms with Crippen LogP contribution in [0.5, 0.6) is 0 Å². The highest BCUT2D eigenvalue weighted by Gasteiger charge is 2.41. The van der Waals surface area contributed by atoms with E-state index in [-0.39, 0.29) is 21.6 Å². The summed E-state index contributed by atoms with van der Waals surface area (Å²) in [4.78, 5) is 47.6. The molecule has 0 saturated carbocycles. The number of rotatable bonds is 4. The van der Waals surface area contributed by atoms with Gasteiger partial charge in [-0.1, -0.05) is 24.3 Å². The topological polar surface area (TPSA) is 101 Å². The fraction of sp³-hybridized carbons (Fsp3) is 0.158. The zero-order valence-electron chi connectivity index (χ0n) is 14.4. The van der Waals surface area contributed by atoms with Crippen molar-refractivity contribution in [1.29, 1.82) is 0 Å². The Morgan fingerprint density at radius 2 is 1.76 bits per heavy atom. The van der Waals surface area contributed by atoms with Crippen molar-refractivity contribution in [1.82, 2.24) is 5.32 Å². The summed E-state index contributed by atoms with van der Waals surface area (Å²) in [7, 11) is 0. The Hall–Kier alpha value is -3.14. The van der Waals surface area contributed by atoms with E-state index < -0.39 is 47.0 Å². The second-order valence-corrected chi connectivity index (χ2v) is 7.13. The van der Waals surface area contributed by atoms with E-state index in [4.69, 9.17) is 5.11 Å². The van der Waals surface area contributed by atoms with Crippen molar-refractivity contribution in [2.45, 2.75) is 11.1 Å². The molecule has 150 valence electrons. The molecule has 1 aliphatic rings. The molecule has 0 bridgehead atoms. The Morgan fingerprint density at radius 3 is 2.41 bits per heavy atom. The number of ketones is 1. The van der Waals surface area contributed by atoms with Gasteiger partial charge in [0.25, 0.3) is 0 Å². The average molecular weight is 423 g/mol. The SMILES string of the molecule is O=C(O)CNC(=O)C1C(=O)Sc2cc(-c3ccccc3C(F)(F)F)ccc2C1=O. The molecule has 6 nitrogen and oxygen atoms in total. The number of halogens is 3. The number of hydrogen-bond donors (Lipinski definition) is 2. The predicted molar refractivity (Wildman–Crippen MR) is 96.2 cm³/mol. The van der Waals surface area contributed by atoms with Crippen LogP contribution in [0, 0.1) is 5.92 Å². The molecule has 0 fully saturated rings. The van der Waals surface area contributed by atoms with Crippen LogP contribution >= 0.6 is 11.8 Å². The molecule has 2 N–H and O–H groups in total. The molecule has 1 amide bonds. The number of hydrogen-bond acceptors (Lipinski definition) is 5. The molecule has 0 aliphatic carbocycles. The number of carboxylic acid groups (broad SMARTS) is 1. The lowest BCUT2D eigenvalue weighted by atomic mass is 9.93. The Morgan fingerprint density at radius 1 is 1.07 bits per heavy atom. The summed E-state index contributed by atoms with van der Waals surface area (Å²) in [5.41, 5.74) is -0.786. The van der Waals surface area contributed by atoms with Crippen LogP contribution in [0.25, 0.3) is 11.1 Å². The molecular formula is C19H12F3NO5S. The number of carbonyl (C=O) groups excluding carboxylic acids is 3. The minimum Gasteiger partial charge on any atom is -0.480 e. The molecule has 29 heavy (non-hydrogen) atoms. The van der Waals surface area contributed by atoms with Gasteiger partial charge in [0, 0.05) is 10.5 Å². The van der Waals surface area contributed by atoms with E-state index in [0.29, 0.717) is 11.8 Å². The number of thioether (sulfide) groups is 1. The lowest BCUT2D eigenvalue weighted by Crippen LogP contribution is -2.42. The van der Waals surface area contributed by atoms with E-state index in [1.807, 2.05) is 5.32 Å². The molecule has 1 aliphatic heterocycles. The highest BCUT2D eigenvalue weighted by molar-refractivity contribution is 8.14. The molecule has 1 atom stereocenters. The van der Waals surface area contributed by atoms with Gasteiger partial charge in [0.2, 0.25) is 11.0 Å². The predicted octanol–water partition coefficient (Wildman–Crippen LogP) is 3.00. The number of Topliss-reactive ketones (excluding diaryl/α,β-unsaturated/α-hetero) is 1. The van der Waals surface area contributed by atoms with Crippen molar-refractivity contribution in [2.75, 3.05) is 6.54 Å². The number of nitrogens with one attached hydrogen (secondary N) is 1. The lowest BCUT2D eigenvalue weighted by molar-refractivity contribution is -0.139. The number of benzene rings is 2.